The van der Waals surface area contributed by atoms with E-state index in [4.69, 9.17) is 9.72 Å². The van der Waals surface area contributed by atoms with Crippen molar-refractivity contribution in [1.82, 2.24) is 20.2 Å². The van der Waals surface area contributed by atoms with E-state index in [0.717, 1.165) is 17.7 Å². The minimum atomic E-state index is -0.178. The van der Waals surface area contributed by atoms with Crippen LogP contribution in [0.15, 0.2) is 30.5 Å². The van der Waals surface area contributed by atoms with Crippen molar-refractivity contribution in [2.45, 2.75) is 45.1 Å². The van der Waals surface area contributed by atoms with Gasteiger partial charge in [-0.3, -0.25) is 9.59 Å². The van der Waals surface area contributed by atoms with Crippen molar-refractivity contribution in [3.63, 3.8) is 0 Å². The van der Waals surface area contributed by atoms with Gasteiger partial charge in [0.25, 0.3) is 5.91 Å². The Morgan fingerprint density at radius 1 is 1.31 bits per heavy atom. The highest BCUT2D eigenvalue weighted by Gasteiger charge is 2.31. The van der Waals surface area contributed by atoms with E-state index in [9.17, 15) is 9.59 Å². The van der Waals surface area contributed by atoms with Crippen LogP contribution in [0.25, 0.3) is 0 Å². The Balaban J connectivity index is 1.70. The van der Waals surface area contributed by atoms with E-state index in [0.29, 0.717) is 43.1 Å². The van der Waals surface area contributed by atoms with E-state index >= 15 is 0 Å². The Kier molecular flexibility index (Phi) is 7.66. The molecule has 1 fully saturated rings. The van der Waals surface area contributed by atoms with Crippen LogP contribution in [0.1, 0.15) is 54.2 Å². The SMILES string of the molecule is COc1cccc(CCC(=O)N2CCC(c3nc(N(C)C)ncc3C(=O)NC(C)C)C2)c1. The second-order valence-electron chi connectivity index (χ2n) is 8.67. The van der Waals surface area contributed by atoms with Crippen LogP contribution in [0, 0.1) is 0 Å². The lowest BCUT2D eigenvalue weighted by atomic mass is 9.99. The molecule has 0 saturated carbocycles. The summed E-state index contributed by atoms with van der Waals surface area (Å²) >= 11 is 0. The molecule has 1 aliphatic heterocycles. The number of benzene rings is 1. The number of hydrogen-bond acceptors (Lipinski definition) is 6. The Hall–Kier alpha value is -3.16. The van der Waals surface area contributed by atoms with Crippen LogP contribution < -0.4 is 15.0 Å². The van der Waals surface area contributed by atoms with Crippen LogP contribution in [0.5, 0.6) is 5.75 Å². The Labute approximate surface area is 190 Å². The van der Waals surface area contributed by atoms with Crippen molar-refractivity contribution in [2.75, 3.05) is 39.2 Å². The van der Waals surface area contributed by atoms with Gasteiger partial charge in [0.1, 0.15) is 5.75 Å². The van der Waals surface area contributed by atoms with Crippen LogP contribution in [-0.2, 0) is 11.2 Å². The van der Waals surface area contributed by atoms with Crippen LogP contribution in [0.3, 0.4) is 0 Å². The summed E-state index contributed by atoms with van der Waals surface area (Å²) in [5.74, 6) is 1.30. The van der Waals surface area contributed by atoms with Gasteiger partial charge in [-0.15, -0.1) is 0 Å². The fraction of sp³-hybridized carbons (Fsp3) is 0.500. The number of nitrogens with one attached hydrogen (secondary N) is 1. The number of ether oxygens (including phenoxy) is 1. The van der Waals surface area contributed by atoms with Crippen molar-refractivity contribution in [2.24, 2.45) is 0 Å². The average Bonchev–Trinajstić information content (AvgIpc) is 3.27. The van der Waals surface area contributed by atoms with E-state index in [1.165, 1.54) is 0 Å². The highest BCUT2D eigenvalue weighted by atomic mass is 16.5. The number of methoxy groups -OCH3 is 1. The van der Waals surface area contributed by atoms with Gasteiger partial charge in [0, 0.05) is 51.8 Å². The number of nitrogens with zero attached hydrogens (tertiary/aromatic N) is 4. The fourth-order valence-electron chi connectivity index (χ4n) is 3.87. The highest BCUT2D eigenvalue weighted by molar-refractivity contribution is 5.95. The summed E-state index contributed by atoms with van der Waals surface area (Å²) in [4.78, 5) is 38.3. The monoisotopic (exact) mass is 439 g/mol. The van der Waals surface area contributed by atoms with Crippen LogP contribution >= 0.6 is 0 Å². The van der Waals surface area contributed by atoms with Crippen molar-refractivity contribution >= 4 is 17.8 Å². The topological polar surface area (TPSA) is 87.7 Å². The molecule has 172 valence electrons. The molecule has 1 saturated heterocycles. The fourth-order valence-corrected chi connectivity index (χ4v) is 3.87. The second kappa shape index (κ2) is 10.4. The van der Waals surface area contributed by atoms with Gasteiger partial charge in [0.15, 0.2) is 0 Å². The first kappa shape index (κ1) is 23.5. The number of carbonyl (C=O) groups is 2. The zero-order valence-corrected chi connectivity index (χ0v) is 19.6. The summed E-state index contributed by atoms with van der Waals surface area (Å²) in [5, 5.41) is 2.93. The molecule has 1 N–H and O–H groups in total. The maximum Gasteiger partial charge on any atom is 0.254 e. The summed E-state index contributed by atoms with van der Waals surface area (Å²) in [5.41, 5.74) is 2.28. The molecule has 0 spiro atoms. The minimum absolute atomic E-state index is 0.00498. The predicted molar refractivity (Wildman–Crippen MR) is 124 cm³/mol. The summed E-state index contributed by atoms with van der Waals surface area (Å²) in [6.45, 7) is 5.06. The lowest BCUT2D eigenvalue weighted by Gasteiger charge is -2.20. The molecule has 1 atom stereocenters. The third-order valence-electron chi connectivity index (χ3n) is 5.56. The minimum Gasteiger partial charge on any atom is -0.497 e. The van der Waals surface area contributed by atoms with Gasteiger partial charge in [-0.25, -0.2) is 9.97 Å². The van der Waals surface area contributed by atoms with Gasteiger partial charge in [-0.2, -0.15) is 0 Å². The molecule has 0 radical (unpaired) electrons. The number of carbonyl (C=O) groups excluding carboxylic acids is 2. The van der Waals surface area contributed by atoms with Gasteiger partial charge in [-0.1, -0.05) is 12.1 Å². The molecule has 1 aliphatic rings. The van der Waals surface area contributed by atoms with Gasteiger partial charge >= 0.3 is 0 Å². The smallest absolute Gasteiger partial charge is 0.254 e. The molecule has 2 amide bonds. The summed E-state index contributed by atoms with van der Waals surface area (Å²) in [6, 6.07) is 7.82. The lowest BCUT2D eigenvalue weighted by Crippen LogP contribution is -2.32. The standard InChI is InChI=1S/C24H33N5O3/c1-16(2)26-23(31)20-14-25-24(28(3)4)27-22(20)18-11-12-29(15-18)21(30)10-9-17-7-6-8-19(13-17)32-5/h6-8,13-14,16,18H,9-12,15H2,1-5H3,(H,26,31). The molecular formula is C24H33N5O3. The Morgan fingerprint density at radius 2 is 2.09 bits per heavy atom. The van der Waals surface area contributed by atoms with Gasteiger partial charge in [0.2, 0.25) is 11.9 Å². The molecule has 8 heteroatoms. The van der Waals surface area contributed by atoms with Crippen LogP contribution in [-0.4, -0.2) is 67.0 Å². The Bertz CT molecular complexity index is 960. The zero-order valence-electron chi connectivity index (χ0n) is 19.6. The largest absolute Gasteiger partial charge is 0.497 e. The highest BCUT2D eigenvalue weighted by Crippen LogP contribution is 2.30. The molecule has 2 heterocycles. The van der Waals surface area contributed by atoms with Crippen molar-refractivity contribution in [3.05, 3.63) is 47.3 Å². The van der Waals surface area contributed by atoms with Crippen LogP contribution in [0.4, 0.5) is 5.95 Å². The summed E-state index contributed by atoms with van der Waals surface area (Å²) < 4.78 is 5.26. The average molecular weight is 440 g/mol. The maximum atomic E-state index is 12.9. The van der Waals surface area contributed by atoms with E-state index in [-0.39, 0.29) is 23.8 Å². The third-order valence-corrected chi connectivity index (χ3v) is 5.56. The first-order chi connectivity index (χ1) is 15.3. The van der Waals surface area contributed by atoms with Crippen molar-refractivity contribution < 1.29 is 14.3 Å². The number of aryl methyl sites for hydroxylation is 1. The van der Waals surface area contributed by atoms with E-state index in [2.05, 4.69) is 10.3 Å². The molecule has 0 aliphatic carbocycles. The third kappa shape index (κ3) is 5.75. The number of rotatable bonds is 8. The molecular weight excluding hydrogens is 406 g/mol. The van der Waals surface area contributed by atoms with Crippen LogP contribution in [0.2, 0.25) is 0 Å². The lowest BCUT2D eigenvalue weighted by molar-refractivity contribution is -0.130. The normalized spacial score (nSPS) is 15.7. The Morgan fingerprint density at radius 3 is 2.78 bits per heavy atom. The quantitative estimate of drug-likeness (QED) is 0.680. The number of anilines is 1. The first-order valence-corrected chi connectivity index (χ1v) is 11.0. The van der Waals surface area contributed by atoms with Gasteiger partial charge < -0.3 is 19.9 Å². The maximum absolute atomic E-state index is 12.9. The second-order valence-corrected chi connectivity index (χ2v) is 8.67. The number of likely N-dealkylation sites (tertiary alicyclic amines) is 1. The van der Waals surface area contributed by atoms with E-state index < -0.39 is 0 Å². The first-order valence-electron chi connectivity index (χ1n) is 11.0. The predicted octanol–water partition coefficient (Wildman–Crippen LogP) is 2.64. The molecule has 1 unspecified atom stereocenters. The van der Waals surface area contributed by atoms with E-state index in [1.54, 1.807) is 13.3 Å². The van der Waals surface area contributed by atoms with Gasteiger partial charge in [0.05, 0.1) is 18.4 Å². The van der Waals surface area contributed by atoms with E-state index in [1.807, 2.05) is 62.0 Å². The number of amides is 2. The molecule has 1 aromatic heterocycles. The molecule has 0 bridgehead atoms. The number of hydrogen-bond donors (Lipinski definition) is 1. The van der Waals surface area contributed by atoms with Crippen molar-refractivity contribution in [1.29, 1.82) is 0 Å². The molecule has 1 aromatic carbocycles. The number of aromatic nitrogens is 2. The van der Waals surface area contributed by atoms with Crippen molar-refractivity contribution in [3.8, 4) is 5.75 Å². The summed E-state index contributed by atoms with van der Waals surface area (Å²) in [6.07, 6.45) is 3.48. The molecule has 2 aromatic rings. The summed E-state index contributed by atoms with van der Waals surface area (Å²) in [7, 11) is 5.38. The van der Waals surface area contributed by atoms with Gasteiger partial charge in [-0.05, 0) is 44.4 Å². The molecule has 3 rings (SSSR count). The zero-order chi connectivity index (χ0) is 23.3. The molecule has 32 heavy (non-hydrogen) atoms. The molecule has 8 nitrogen and oxygen atoms in total.